The largest absolute Gasteiger partial charge is 0.382 e. The van der Waals surface area contributed by atoms with Gasteiger partial charge in [0.25, 0.3) is 0 Å². The number of hydrogen-bond acceptors (Lipinski definition) is 12. The fraction of sp³-hybridized carbons (Fsp3) is 0.963. The third-order valence-electron chi connectivity index (χ3n) is 5.05. The van der Waals surface area contributed by atoms with Gasteiger partial charge in [0, 0.05) is 19.7 Å². The molecular weight excluding hydrogens is 528 g/mol. The molecule has 40 heavy (non-hydrogen) atoms. The number of rotatable bonds is 34. The molecule has 0 bridgehead atoms. The van der Waals surface area contributed by atoms with E-state index in [-0.39, 0.29) is 18.6 Å². The molecule has 1 amide bonds. The molecule has 0 aliphatic rings. The summed E-state index contributed by atoms with van der Waals surface area (Å²) in [6, 6.07) is 0.207. The van der Waals surface area contributed by atoms with Crippen molar-refractivity contribution in [3.63, 3.8) is 0 Å². The highest BCUT2D eigenvalue weighted by Crippen LogP contribution is 1.96. The highest BCUT2D eigenvalue weighted by atomic mass is 16.6. The number of ether oxygens (including phenoxy) is 10. The topological polar surface area (TPSA) is 147 Å². The molecule has 0 spiro atoms. The Morgan fingerprint density at radius 1 is 0.550 bits per heavy atom. The van der Waals surface area contributed by atoms with Crippen molar-refractivity contribution in [2.45, 2.75) is 32.2 Å². The summed E-state index contributed by atoms with van der Waals surface area (Å²) in [5, 5.41) is 2.82. The van der Waals surface area contributed by atoms with Crippen molar-refractivity contribution in [1.82, 2.24) is 5.32 Å². The van der Waals surface area contributed by atoms with Gasteiger partial charge in [-0.15, -0.1) is 0 Å². The molecule has 0 aromatic heterocycles. The Bertz CT molecular complexity index is 505. The molecule has 1 atom stereocenters. The van der Waals surface area contributed by atoms with Crippen LogP contribution < -0.4 is 11.1 Å². The highest BCUT2D eigenvalue weighted by Gasteiger charge is 2.01. The lowest BCUT2D eigenvalue weighted by molar-refractivity contribution is -0.126. The van der Waals surface area contributed by atoms with Crippen molar-refractivity contribution < 1.29 is 52.2 Å². The van der Waals surface area contributed by atoms with Gasteiger partial charge in [0.2, 0.25) is 5.91 Å². The molecule has 0 fully saturated rings. The number of nitrogens with two attached hydrogens (primary N) is 1. The molecule has 0 saturated heterocycles. The van der Waals surface area contributed by atoms with Crippen molar-refractivity contribution in [3.05, 3.63) is 0 Å². The van der Waals surface area contributed by atoms with Crippen LogP contribution in [0.25, 0.3) is 0 Å². The minimum atomic E-state index is -0.112. The van der Waals surface area contributed by atoms with Crippen LogP contribution >= 0.6 is 0 Å². The molecule has 0 unspecified atom stereocenters. The third-order valence-corrected chi connectivity index (χ3v) is 5.05. The van der Waals surface area contributed by atoms with E-state index >= 15 is 0 Å². The van der Waals surface area contributed by atoms with Gasteiger partial charge in [0.15, 0.2) is 0 Å². The number of methoxy groups -OCH3 is 1. The van der Waals surface area contributed by atoms with E-state index in [9.17, 15) is 4.79 Å². The van der Waals surface area contributed by atoms with Crippen LogP contribution in [0.15, 0.2) is 0 Å². The van der Waals surface area contributed by atoms with Crippen LogP contribution in [0.2, 0.25) is 0 Å². The average molecular weight is 585 g/mol. The van der Waals surface area contributed by atoms with Gasteiger partial charge >= 0.3 is 0 Å². The Balaban J connectivity index is 3.10. The van der Waals surface area contributed by atoms with Gasteiger partial charge in [-0.1, -0.05) is 6.42 Å². The molecular formula is C27H56N2O11. The Kier molecular flexibility index (Phi) is 33.4. The van der Waals surface area contributed by atoms with E-state index in [2.05, 4.69) is 5.32 Å². The molecule has 0 radical (unpaired) electrons. The summed E-state index contributed by atoms with van der Waals surface area (Å²) in [5.41, 5.74) is 5.69. The Labute approximate surface area is 240 Å². The van der Waals surface area contributed by atoms with Gasteiger partial charge in [-0.25, -0.2) is 0 Å². The quantitative estimate of drug-likeness (QED) is 0.101. The maximum atomic E-state index is 11.6. The van der Waals surface area contributed by atoms with Crippen LogP contribution in [0.3, 0.4) is 0 Å². The van der Waals surface area contributed by atoms with E-state index in [1.54, 1.807) is 7.11 Å². The molecule has 0 aromatic carbocycles. The third kappa shape index (κ3) is 35.1. The van der Waals surface area contributed by atoms with Crippen molar-refractivity contribution in [1.29, 1.82) is 0 Å². The highest BCUT2D eigenvalue weighted by molar-refractivity contribution is 5.77. The Hall–Kier alpha value is -0.970. The van der Waals surface area contributed by atoms with Crippen LogP contribution in [-0.4, -0.2) is 151 Å². The smallest absolute Gasteiger partial charge is 0.245 e. The first-order valence-electron chi connectivity index (χ1n) is 14.4. The molecule has 13 heteroatoms. The van der Waals surface area contributed by atoms with Crippen molar-refractivity contribution in [2.24, 2.45) is 5.73 Å². The molecule has 0 aliphatic heterocycles. The van der Waals surface area contributed by atoms with Crippen LogP contribution in [0, 0.1) is 0 Å². The van der Waals surface area contributed by atoms with E-state index < -0.39 is 0 Å². The number of carbonyl (C=O) groups is 1. The number of hydrogen-bond donors (Lipinski definition) is 2. The minimum absolute atomic E-state index is 0.0421. The van der Waals surface area contributed by atoms with Crippen LogP contribution in [0.4, 0.5) is 0 Å². The van der Waals surface area contributed by atoms with Crippen LogP contribution in [-0.2, 0) is 52.2 Å². The van der Waals surface area contributed by atoms with Gasteiger partial charge in [-0.3, -0.25) is 4.79 Å². The number of amides is 1. The van der Waals surface area contributed by atoms with E-state index in [1.807, 2.05) is 6.92 Å². The molecule has 0 heterocycles. The summed E-state index contributed by atoms with van der Waals surface area (Å²) in [6.07, 6.45) is 2.90. The Morgan fingerprint density at radius 2 is 0.875 bits per heavy atom. The average Bonchev–Trinajstić information content (AvgIpc) is 2.94. The maximum absolute atomic E-state index is 11.6. The molecule has 0 saturated carbocycles. The molecule has 3 N–H and O–H groups in total. The van der Waals surface area contributed by atoms with Crippen molar-refractivity contribution >= 4 is 5.91 Å². The summed E-state index contributed by atoms with van der Waals surface area (Å²) < 4.78 is 53.5. The molecule has 13 nitrogen and oxygen atoms in total. The van der Waals surface area contributed by atoms with Gasteiger partial charge in [-0.05, 0) is 19.8 Å². The lowest BCUT2D eigenvalue weighted by Crippen LogP contribution is -2.29. The van der Waals surface area contributed by atoms with E-state index in [0.29, 0.717) is 125 Å². The molecule has 0 aliphatic carbocycles. The second-order valence-electron chi connectivity index (χ2n) is 8.77. The minimum Gasteiger partial charge on any atom is -0.382 e. The standard InChI is InChI=1S/C27H56N2O11/c1-26(28)5-3-4-6-29-27(30)25-40-24-23-39-22-21-38-20-19-37-18-17-36-16-15-35-14-13-34-12-11-33-10-9-32-8-7-31-2/h26H,3-25,28H2,1-2H3,(H,29,30)/t26-/m0/s1. The van der Waals surface area contributed by atoms with Crippen molar-refractivity contribution in [2.75, 3.05) is 139 Å². The van der Waals surface area contributed by atoms with E-state index in [0.717, 1.165) is 19.3 Å². The Morgan fingerprint density at radius 3 is 1.20 bits per heavy atom. The summed E-state index contributed by atoms with van der Waals surface area (Å²) in [7, 11) is 1.64. The monoisotopic (exact) mass is 584 g/mol. The van der Waals surface area contributed by atoms with E-state index in [1.165, 1.54) is 0 Å². The van der Waals surface area contributed by atoms with Crippen molar-refractivity contribution in [3.8, 4) is 0 Å². The summed E-state index contributed by atoms with van der Waals surface area (Å²) in [6.45, 7) is 11.7. The molecule has 240 valence electrons. The van der Waals surface area contributed by atoms with Gasteiger partial charge in [0.1, 0.15) is 6.61 Å². The van der Waals surface area contributed by atoms with Crippen LogP contribution in [0.1, 0.15) is 26.2 Å². The van der Waals surface area contributed by atoms with Gasteiger partial charge in [-0.2, -0.15) is 0 Å². The summed E-state index contributed by atoms with van der Waals surface area (Å²) >= 11 is 0. The number of unbranched alkanes of at least 4 members (excludes halogenated alkanes) is 1. The zero-order valence-corrected chi connectivity index (χ0v) is 24.9. The normalized spacial score (nSPS) is 12.2. The summed E-state index contributed by atoms with van der Waals surface area (Å²) in [5.74, 6) is -0.112. The van der Waals surface area contributed by atoms with E-state index in [4.69, 9.17) is 53.1 Å². The fourth-order valence-electron chi connectivity index (χ4n) is 2.94. The zero-order chi connectivity index (χ0) is 29.2. The number of nitrogens with one attached hydrogen (secondary N) is 1. The number of carbonyl (C=O) groups excluding carboxylic acids is 1. The predicted octanol–water partition coefficient (Wildman–Crippen LogP) is 0.416. The predicted molar refractivity (Wildman–Crippen MR) is 150 cm³/mol. The van der Waals surface area contributed by atoms with Gasteiger partial charge in [0.05, 0.1) is 119 Å². The zero-order valence-electron chi connectivity index (χ0n) is 24.9. The lowest BCUT2D eigenvalue weighted by atomic mass is 10.1. The molecule has 0 aromatic rings. The molecule has 0 rings (SSSR count). The lowest BCUT2D eigenvalue weighted by Gasteiger charge is -2.09. The maximum Gasteiger partial charge on any atom is 0.245 e. The first-order valence-corrected chi connectivity index (χ1v) is 14.4. The van der Waals surface area contributed by atoms with Crippen LogP contribution in [0.5, 0.6) is 0 Å². The second kappa shape index (κ2) is 34.2. The van der Waals surface area contributed by atoms with Gasteiger partial charge < -0.3 is 58.4 Å². The SMILES string of the molecule is COCCOCCOCCOCCOCCOCCOCCOCCOCCOCC(=O)NCCCC[C@H](C)N. The fourth-order valence-corrected chi connectivity index (χ4v) is 2.94. The first-order chi connectivity index (χ1) is 19.7. The second-order valence-corrected chi connectivity index (χ2v) is 8.77. The first kappa shape index (κ1) is 39.0. The summed E-state index contributed by atoms with van der Waals surface area (Å²) in [4.78, 5) is 11.6.